The van der Waals surface area contributed by atoms with Crippen molar-refractivity contribution in [2.24, 2.45) is 0 Å². The standard InChI is InChI=1S/C19H14F8N2O3/c1-2-32-16(31)17(19(25,26)27,28-11-6-3-5-10(9-11)18(22,23)24)29-15(30)14-12(20)7-4-8-13(14)21/h3-9,28H,2H2,1H3,(H,29,30)/t17-/m0/s1. The van der Waals surface area contributed by atoms with E-state index in [-0.39, 0.29) is 6.07 Å². The average molecular weight is 470 g/mol. The molecule has 0 spiro atoms. The Labute approximate surface area is 175 Å². The molecule has 2 N–H and O–H groups in total. The van der Waals surface area contributed by atoms with Gasteiger partial charge in [0, 0.05) is 5.69 Å². The van der Waals surface area contributed by atoms with Gasteiger partial charge in [-0.2, -0.15) is 26.3 Å². The highest BCUT2D eigenvalue weighted by Crippen LogP contribution is 2.36. The number of amides is 1. The number of carbonyl (C=O) groups is 2. The predicted octanol–water partition coefficient (Wildman–Crippen LogP) is 4.65. The summed E-state index contributed by atoms with van der Waals surface area (Å²) in [7, 11) is 0. The fourth-order valence-corrected chi connectivity index (χ4v) is 2.57. The van der Waals surface area contributed by atoms with Gasteiger partial charge in [-0.25, -0.2) is 13.6 Å². The number of halogens is 8. The van der Waals surface area contributed by atoms with Crippen LogP contribution in [0.1, 0.15) is 22.8 Å². The Morgan fingerprint density at radius 3 is 2.00 bits per heavy atom. The van der Waals surface area contributed by atoms with E-state index in [9.17, 15) is 44.7 Å². The van der Waals surface area contributed by atoms with Crippen molar-refractivity contribution in [3.63, 3.8) is 0 Å². The van der Waals surface area contributed by atoms with Crippen molar-refractivity contribution in [2.75, 3.05) is 11.9 Å². The van der Waals surface area contributed by atoms with Crippen LogP contribution in [0.25, 0.3) is 0 Å². The van der Waals surface area contributed by atoms with Crippen LogP contribution in [-0.4, -0.2) is 30.3 Å². The van der Waals surface area contributed by atoms with E-state index in [2.05, 4.69) is 4.74 Å². The molecule has 0 heterocycles. The largest absolute Gasteiger partial charge is 0.463 e. The van der Waals surface area contributed by atoms with Crippen LogP contribution in [0.3, 0.4) is 0 Å². The number of anilines is 1. The van der Waals surface area contributed by atoms with Gasteiger partial charge in [-0.15, -0.1) is 0 Å². The number of hydrogen-bond donors (Lipinski definition) is 2. The fourth-order valence-electron chi connectivity index (χ4n) is 2.57. The number of carbonyl (C=O) groups excluding carboxylic acids is 2. The van der Waals surface area contributed by atoms with Crippen molar-refractivity contribution in [2.45, 2.75) is 24.9 Å². The molecule has 5 nitrogen and oxygen atoms in total. The molecule has 13 heteroatoms. The van der Waals surface area contributed by atoms with Crippen LogP contribution < -0.4 is 10.6 Å². The molecule has 0 aliphatic heterocycles. The SMILES string of the molecule is CCOC(=O)[C@@](NC(=O)c1c(F)cccc1F)(Nc1cccc(C(F)(F)F)c1)C(F)(F)F. The molecular weight excluding hydrogens is 456 g/mol. The van der Waals surface area contributed by atoms with Gasteiger partial charge in [-0.05, 0) is 37.3 Å². The topological polar surface area (TPSA) is 67.4 Å². The smallest absolute Gasteiger partial charge is 0.441 e. The number of ether oxygens (including phenoxy) is 1. The van der Waals surface area contributed by atoms with Gasteiger partial charge in [-0.1, -0.05) is 12.1 Å². The van der Waals surface area contributed by atoms with Crippen molar-refractivity contribution >= 4 is 17.6 Å². The minimum atomic E-state index is -5.73. The maximum atomic E-state index is 14.1. The zero-order valence-electron chi connectivity index (χ0n) is 16.0. The average Bonchev–Trinajstić information content (AvgIpc) is 2.66. The maximum absolute atomic E-state index is 14.1. The first-order valence-corrected chi connectivity index (χ1v) is 8.69. The molecule has 174 valence electrons. The van der Waals surface area contributed by atoms with Crippen molar-refractivity contribution < 1.29 is 49.4 Å². The van der Waals surface area contributed by atoms with Gasteiger partial charge in [0.05, 0.1) is 12.2 Å². The summed E-state index contributed by atoms with van der Waals surface area (Å²) in [6.07, 6.45) is -10.7. The first kappa shape index (κ1) is 24.9. The Balaban J connectivity index is 2.62. The van der Waals surface area contributed by atoms with E-state index < -0.39 is 64.9 Å². The summed E-state index contributed by atoms with van der Waals surface area (Å²) >= 11 is 0. The van der Waals surface area contributed by atoms with Crippen LogP contribution in [0.5, 0.6) is 0 Å². The molecule has 0 saturated carbocycles. The Morgan fingerprint density at radius 1 is 0.938 bits per heavy atom. The van der Waals surface area contributed by atoms with Gasteiger partial charge < -0.3 is 15.4 Å². The highest BCUT2D eigenvalue weighted by molar-refractivity contribution is 6.00. The molecule has 2 rings (SSSR count). The zero-order chi connectivity index (χ0) is 24.3. The first-order chi connectivity index (χ1) is 14.7. The molecule has 2 aromatic rings. The molecule has 0 aliphatic rings. The number of benzene rings is 2. The van der Waals surface area contributed by atoms with Gasteiger partial charge in [0.15, 0.2) is 0 Å². The normalized spacial score (nSPS) is 13.8. The molecule has 0 unspecified atom stereocenters. The summed E-state index contributed by atoms with van der Waals surface area (Å²) in [5.41, 5.74) is -7.89. The molecule has 1 amide bonds. The number of hydrogen-bond acceptors (Lipinski definition) is 4. The van der Waals surface area contributed by atoms with Crippen LogP contribution >= 0.6 is 0 Å². The number of esters is 1. The van der Waals surface area contributed by atoms with E-state index in [1.807, 2.05) is 0 Å². The summed E-state index contributed by atoms with van der Waals surface area (Å²) in [5, 5.41) is 2.64. The third-order valence-electron chi connectivity index (χ3n) is 4.02. The van der Waals surface area contributed by atoms with Crippen LogP contribution in [0, 0.1) is 11.6 Å². The highest BCUT2D eigenvalue weighted by atomic mass is 19.4. The van der Waals surface area contributed by atoms with E-state index in [0.717, 1.165) is 30.4 Å². The van der Waals surface area contributed by atoms with E-state index in [1.165, 1.54) is 5.32 Å². The molecule has 0 fully saturated rings. The lowest BCUT2D eigenvalue weighted by Crippen LogP contribution is -2.69. The summed E-state index contributed by atoms with van der Waals surface area (Å²) in [5.74, 6) is -7.26. The third-order valence-corrected chi connectivity index (χ3v) is 4.02. The van der Waals surface area contributed by atoms with Crippen LogP contribution in [0.15, 0.2) is 42.5 Å². The molecule has 0 saturated heterocycles. The Kier molecular flexibility index (Phi) is 7.00. The minimum Gasteiger partial charge on any atom is -0.463 e. The van der Waals surface area contributed by atoms with Crippen molar-refractivity contribution in [1.29, 1.82) is 0 Å². The quantitative estimate of drug-likeness (QED) is 0.367. The second-order valence-corrected chi connectivity index (χ2v) is 6.22. The molecule has 2 aromatic carbocycles. The number of nitrogens with one attached hydrogen (secondary N) is 2. The summed E-state index contributed by atoms with van der Waals surface area (Å²) in [4.78, 5) is 24.7. The van der Waals surface area contributed by atoms with E-state index in [4.69, 9.17) is 0 Å². The van der Waals surface area contributed by atoms with Crippen LogP contribution in [0.2, 0.25) is 0 Å². The second-order valence-electron chi connectivity index (χ2n) is 6.22. The summed E-state index contributed by atoms with van der Waals surface area (Å²) in [6.45, 7) is 0.506. The first-order valence-electron chi connectivity index (χ1n) is 8.69. The van der Waals surface area contributed by atoms with E-state index >= 15 is 0 Å². The van der Waals surface area contributed by atoms with Crippen LogP contribution in [-0.2, 0) is 15.7 Å². The highest BCUT2D eigenvalue weighted by Gasteiger charge is 2.64. The lowest BCUT2D eigenvalue weighted by Gasteiger charge is -2.35. The van der Waals surface area contributed by atoms with Gasteiger partial charge in [0.25, 0.3) is 5.91 Å². The minimum absolute atomic E-state index is 0.246. The van der Waals surface area contributed by atoms with Gasteiger partial charge >= 0.3 is 24.0 Å². The molecule has 32 heavy (non-hydrogen) atoms. The van der Waals surface area contributed by atoms with Gasteiger partial charge in [0.2, 0.25) is 0 Å². The van der Waals surface area contributed by atoms with Crippen molar-refractivity contribution in [3.8, 4) is 0 Å². The van der Waals surface area contributed by atoms with E-state index in [0.29, 0.717) is 18.2 Å². The Bertz CT molecular complexity index is 987. The molecule has 0 aliphatic carbocycles. The number of alkyl halides is 6. The molecule has 0 radical (unpaired) electrons. The Hall–Kier alpha value is -3.38. The lowest BCUT2D eigenvalue weighted by molar-refractivity contribution is -0.204. The summed E-state index contributed by atoms with van der Waals surface area (Å²) in [6, 6.07) is 4.30. The molecule has 1 atom stereocenters. The monoisotopic (exact) mass is 470 g/mol. The Morgan fingerprint density at radius 2 is 1.50 bits per heavy atom. The van der Waals surface area contributed by atoms with Gasteiger partial charge in [-0.3, -0.25) is 4.79 Å². The van der Waals surface area contributed by atoms with Crippen LogP contribution in [0.4, 0.5) is 40.8 Å². The second kappa shape index (κ2) is 9.01. The third kappa shape index (κ3) is 5.08. The fraction of sp³-hybridized carbons (Fsp3) is 0.263. The summed E-state index contributed by atoms with van der Waals surface area (Å²) < 4.78 is 113. The van der Waals surface area contributed by atoms with E-state index in [1.54, 1.807) is 0 Å². The molecular formula is C19H14F8N2O3. The van der Waals surface area contributed by atoms with Crippen molar-refractivity contribution in [1.82, 2.24) is 5.32 Å². The number of rotatable bonds is 6. The molecule has 0 bridgehead atoms. The predicted molar refractivity (Wildman–Crippen MR) is 94.3 cm³/mol. The molecule has 0 aromatic heterocycles. The lowest BCUT2D eigenvalue weighted by atomic mass is 10.1. The zero-order valence-corrected chi connectivity index (χ0v) is 16.0. The van der Waals surface area contributed by atoms with Crippen molar-refractivity contribution in [3.05, 3.63) is 65.2 Å². The van der Waals surface area contributed by atoms with Gasteiger partial charge in [0.1, 0.15) is 17.2 Å². The maximum Gasteiger partial charge on any atom is 0.441 e.